The van der Waals surface area contributed by atoms with Gasteiger partial charge in [0.05, 0.1) is 25.1 Å². The van der Waals surface area contributed by atoms with Gasteiger partial charge in [0.2, 0.25) is 0 Å². The molecule has 0 aromatic carbocycles. The van der Waals surface area contributed by atoms with E-state index in [9.17, 15) is 4.39 Å². The molecule has 1 heterocycles. The molecule has 0 bridgehead atoms. The summed E-state index contributed by atoms with van der Waals surface area (Å²) in [6.45, 7) is 9.73. The van der Waals surface area contributed by atoms with Gasteiger partial charge >= 0.3 is 0 Å². The fourth-order valence-corrected chi connectivity index (χ4v) is 1.60. The lowest BCUT2D eigenvalue weighted by atomic mass is 10.1. The molecule has 4 heteroatoms. The van der Waals surface area contributed by atoms with Crippen LogP contribution >= 0.6 is 0 Å². The van der Waals surface area contributed by atoms with Crippen LogP contribution < -0.4 is 5.32 Å². The van der Waals surface area contributed by atoms with E-state index in [1.54, 1.807) is 6.07 Å². The second-order valence-electron chi connectivity index (χ2n) is 4.33. The smallest absolute Gasteiger partial charge is 0.141 e. The second kappa shape index (κ2) is 7.95. The van der Waals surface area contributed by atoms with Gasteiger partial charge in [-0.1, -0.05) is 19.1 Å². The number of halogens is 1. The van der Waals surface area contributed by atoms with Gasteiger partial charge < -0.3 is 10.1 Å². The number of nitrogens with zero attached hydrogens (tertiary/aromatic N) is 1. The molecular weight excluding hydrogens is 231 g/mol. The van der Waals surface area contributed by atoms with Crippen LogP contribution in [0, 0.1) is 5.82 Å². The molecule has 18 heavy (non-hydrogen) atoms. The van der Waals surface area contributed by atoms with Gasteiger partial charge in [-0.15, -0.1) is 0 Å². The van der Waals surface area contributed by atoms with Crippen LogP contribution in [0.25, 0.3) is 0 Å². The van der Waals surface area contributed by atoms with Crippen molar-refractivity contribution in [2.75, 3.05) is 19.8 Å². The molecule has 1 atom stereocenters. The normalized spacial score (nSPS) is 12.4. The number of aromatic nitrogens is 1. The average molecular weight is 252 g/mol. The Morgan fingerprint density at radius 2 is 2.33 bits per heavy atom. The van der Waals surface area contributed by atoms with E-state index in [4.69, 9.17) is 4.74 Å². The molecular formula is C14H21FN2O. The zero-order valence-corrected chi connectivity index (χ0v) is 11.1. The van der Waals surface area contributed by atoms with Gasteiger partial charge in [-0.2, -0.15) is 0 Å². The number of rotatable bonds is 8. The average Bonchev–Trinajstić information content (AvgIpc) is 2.35. The minimum Gasteiger partial charge on any atom is -0.376 e. The Labute approximate surface area is 108 Å². The Bertz CT molecular complexity index is 365. The van der Waals surface area contributed by atoms with Gasteiger partial charge in [0.25, 0.3) is 0 Å². The van der Waals surface area contributed by atoms with Crippen LogP contribution in [0.1, 0.15) is 32.0 Å². The van der Waals surface area contributed by atoms with Gasteiger partial charge in [-0.05, 0) is 25.5 Å². The van der Waals surface area contributed by atoms with Gasteiger partial charge in [0.1, 0.15) is 5.82 Å². The SMILES string of the molecule is C=C(C)COCCNC(CC)c1ccc(F)cn1. The molecule has 1 aromatic rings. The first kappa shape index (κ1) is 14.8. The van der Waals surface area contributed by atoms with Crippen molar-refractivity contribution >= 4 is 0 Å². The standard InChI is InChI=1S/C14H21FN2O/c1-4-13(14-6-5-12(15)9-17-14)16-7-8-18-10-11(2)3/h5-6,9,13,16H,2,4,7-8,10H2,1,3H3. The number of hydrogen-bond acceptors (Lipinski definition) is 3. The van der Waals surface area contributed by atoms with E-state index >= 15 is 0 Å². The summed E-state index contributed by atoms with van der Waals surface area (Å²) in [6, 6.07) is 3.29. The Morgan fingerprint density at radius 1 is 1.56 bits per heavy atom. The van der Waals surface area contributed by atoms with Crippen molar-refractivity contribution in [1.82, 2.24) is 10.3 Å². The molecule has 0 fully saturated rings. The number of ether oxygens (including phenoxy) is 1. The van der Waals surface area contributed by atoms with Crippen molar-refractivity contribution < 1.29 is 9.13 Å². The molecule has 0 saturated heterocycles. The van der Waals surface area contributed by atoms with E-state index in [2.05, 4.69) is 23.8 Å². The predicted molar refractivity (Wildman–Crippen MR) is 70.9 cm³/mol. The van der Waals surface area contributed by atoms with Crippen LogP contribution in [-0.4, -0.2) is 24.7 Å². The van der Waals surface area contributed by atoms with Crippen LogP contribution in [0.3, 0.4) is 0 Å². The Kier molecular flexibility index (Phi) is 6.54. The van der Waals surface area contributed by atoms with Crippen molar-refractivity contribution in [3.8, 4) is 0 Å². The fraction of sp³-hybridized carbons (Fsp3) is 0.500. The molecule has 1 N–H and O–H groups in total. The molecule has 1 unspecified atom stereocenters. The molecule has 3 nitrogen and oxygen atoms in total. The maximum Gasteiger partial charge on any atom is 0.141 e. The molecule has 0 aliphatic rings. The zero-order valence-electron chi connectivity index (χ0n) is 11.1. The van der Waals surface area contributed by atoms with E-state index in [0.717, 1.165) is 24.2 Å². The largest absolute Gasteiger partial charge is 0.376 e. The highest BCUT2D eigenvalue weighted by molar-refractivity contribution is 5.09. The summed E-state index contributed by atoms with van der Waals surface area (Å²) in [6.07, 6.45) is 2.15. The van der Waals surface area contributed by atoms with E-state index < -0.39 is 0 Å². The van der Waals surface area contributed by atoms with Crippen molar-refractivity contribution in [2.24, 2.45) is 0 Å². The monoisotopic (exact) mass is 252 g/mol. The molecule has 0 radical (unpaired) electrons. The van der Waals surface area contributed by atoms with Crippen molar-refractivity contribution in [3.63, 3.8) is 0 Å². The molecule has 0 amide bonds. The highest BCUT2D eigenvalue weighted by Crippen LogP contribution is 2.13. The van der Waals surface area contributed by atoms with Crippen LogP contribution in [-0.2, 0) is 4.74 Å². The van der Waals surface area contributed by atoms with Crippen molar-refractivity contribution in [2.45, 2.75) is 26.3 Å². The van der Waals surface area contributed by atoms with E-state index in [0.29, 0.717) is 13.2 Å². The van der Waals surface area contributed by atoms with Crippen molar-refractivity contribution in [3.05, 3.63) is 42.0 Å². The third-order valence-electron chi connectivity index (χ3n) is 2.50. The molecule has 0 spiro atoms. The van der Waals surface area contributed by atoms with E-state index in [-0.39, 0.29) is 11.9 Å². The molecule has 0 saturated carbocycles. The fourth-order valence-electron chi connectivity index (χ4n) is 1.60. The maximum atomic E-state index is 12.8. The first-order chi connectivity index (χ1) is 8.63. The zero-order chi connectivity index (χ0) is 13.4. The van der Waals surface area contributed by atoms with Crippen LogP contribution in [0.2, 0.25) is 0 Å². The van der Waals surface area contributed by atoms with Crippen LogP contribution in [0.15, 0.2) is 30.5 Å². The van der Waals surface area contributed by atoms with Gasteiger partial charge in [0, 0.05) is 12.6 Å². The van der Waals surface area contributed by atoms with Gasteiger partial charge in [0.15, 0.2) is 0 Å². The summed E-state index contributed by atoms with van der Waals surface area (Å²) in [5.74, 6) is -0.307. The molecule has 0 aliphatic heterocycles. The lowest BCUT2D eigenvalue weighted by Gasteiger charge is -2.16. The minimum absolute atomic E-state index is 0.138. The van der Waals surface area contributed by atoms with Gasteiger partial charge in [-0.3, -0.25) is 4.98 Å². The summed E-state index contributed by atoms with van der Waals surface area (Å²) in [5, 5.41) is 3.34. The Morgan fingerprint density at radius 3 is 2.89 bits per heavy atom. The first-order valence-electron chi connectivity index (χ1n) is 6.20. The summed E-state index contributed by atoms with van der Waals surface area (Å²) >= 11 is 0. The maximum absolute atomic E-state index is 12.8. The lowest BCUT2D eigenvalue weighted by molar-refractivity contribution is 0.155. The number of nitrogens with one attached hydrogen (secondary N) is 1. The highest BCUT2D eigenvalue weighted by atomic mass is 19.1. The third kappa shape index (κ3) is 5.38. The van der Waals surface area contributed by atoms with Crippen molar-refractivity contribution in [1.29, 1.82) is 0 Å². The second-order valence-corrected chi connectivity index (χ2v) is 4.33. The molecule has 100 valence electrons. The summed E-state index contributed by atoms with van der Waals surface area (Å²) in [4.78, 5) is 4.08. The first-order valence-corrected chi connectivity index (χ1v) is 6.20. The van der Waals surface area contributed by atoms with Gasteiger partial charge in [-0.25, -0.2) is 4.39 Å². The number of pyridine rings is 1. The summed E-state index contributed by atoms with van der Waals surface area (Å²) in [7, 11) is 0. The summed E-state index contributed by atoms with van der Waals surface area (Å²) < 4.78 is 18.2. The Hall–Kier alpha value is -1.26. The van der Waals surface area contributed by atoms with E-state index in [1.165, 1.54) is 12.3 Å². The quantitative estimate of drug-likeness (QED) is 0.570. The molecule has 1 aromatic heterocycles. The van der Waals surface area contributed by atoms with Crippen LogP contribution in [0.5, 0.6) is 0 Å². The minimum atomic E-state index is -0.307. The Balaban J connectivity index is 2.33. The van der Waals surface area contributed by atoms with Crippen LogP contribution in [0.4, 0.5) is 4.39 Å². The molecule has 1 rings (SSSR count). The lowest BCUT2D eigenvalue weighted by Crippen LogP contribution is -2.25. The van der Waals surface area contributed by atoms with E-state index in [1.807, 2.05) is 6.92 Å². The summed E-state index contributed by atoms with van der Waals surface area (Å²) in [5.41, 5.74) is 1.88. The predicted octanol–water partition coefficient (Wildman–Crippen LogP) is 2.85. The highest BCUT2D eigenvalue weighted by Gasteiger charge is 2.09. The third-order valence-corrected chi connectivity index (χ3v) is 2.50. The molecule has 0 aliphatic carbocycles. The number of hydrogen-bond donors (Lipinski definition) is 1. The topological polar surface area (TPSA) is 34.1 Å².